The summed E-state index contributed by atoms with van der Waals surface area (Å²) in [5.41, 5.74) is 0.260. The molecule has 1 amide bonds. The number of carbonyl (C=O) groups is 1. The molecule has 1 heterocycles. The summed E-state index contributed by atoms with van der Waals surface area (Å²) in [5, 5.41) is 13.0. The summed E-state index contributed by atoms with van der Waals surface area (Å²) < 4.78 is 0. The van der Waals surface area contributed by atoms with E-state index in [1.165, 1.54) is 38.5 Å². The van der Waals surface area contributed by atoms with Crippen molar-refractivity contribution in [1.82, 2.24) is 10.2 Å². The SMILES string of the molecule is O=C(CCl)Nc1nnc(C23CC4CC(CC(C4)C2)C3)s1. The molecule has 5 rings (SSSR count). The van der Waals surface area contributed by atoms with Crippen LogP contribution in [0.2, 0.25) is 0 Å². The average Bonchev–Trinajstić information content (AvgIpc) is 2.86. The Balaban J connectivity index is 1.59. The van der Waals surface area contributed by atoms with Gasteiger partial charge in [0.1, 0.15) is 10.9 Å². The van der Waals surface area contributed by atoms with E-state index in [4.69, 9.17) is 11.6 Å². The highest BCUT2D eigenvalue weighted by molar-refractivity contribution is 7.15. The Morgan fingerprint density at radius 1 is 1.20 bits per heavy atom. The van der Waals surface area contributed by atoms with Gasteiger partial charge in [0.25, 0.3) is 0 Å². The summed E-state index contributed by atoms with van der Waals surface area (Å²) in [6.07, 6.45) is 8.10. The predicted molar refractivity (Wildman–Crippen MR) is 79.1 cm³/mol. The topological polar surface area (TPSA) is 54.9 Å². The summed E-state index contributed by atoms with van der Waals surface area (Å²) in [4.78, 5) is 11.3. The van der Waals surface area contributed by atoms with Gasteiger partial charge in [-0.2, -0.15) is 0 Å². The first kappa shape index (κ1) is 13.0. The molecule has 0 aliphatic heterocycles. The monoisotopic (exact) mass is 311 g/mol. The molecule has 0 saturated heterocycles. The van der Waals surface area contributed by atoms with E-state index in [9.17, 15) is 4.79 Å². The molecule has 1 aromatic heterocycles. The second-order valence-corrected chi connectivity index (χ2v) is 8.04. The molecular weight excluding hydrogens is 294 g/mol. The van der Waals surface area contributed by atoms with E-state index >= 15 is 0 Å². The minimum atomic E-state index is -0.208. The molecule has 4 fully saturated rings. The van der Waals surface area contributed by atoms with Crippen LogP contribution in [0.15, 0.2) is 0 Å². The second kappa shape index (κ2) is 4.67. The standard InChI is InChI=1S/C14H18ClN3OS/c15-7-11(19)16-13-18-17-12(20-13)14-4-8-1-9(5-14)3-10(2-8)6-14/h8-10H,1-7H2,(H,16,18,19). The van der Waals surface area contributed by atoms with Crippen molar-refractivity contribution in [3.05, 3.63) is 5.01 Å². The zero-order valence-electron chi connectivity index (χ0n) is 11.3. The molecule has 4 nitrogen and oxygen atoms in total. The number of rotatable bonds is 3. The van der Waals surface area contributed by atoms with Crippen LogP contribution in [0, 0.1) is 17.8 Å². The van der Waals surface area contributed by atoms with Gasteiger partial charge < -0.3 is 0 Å². The maximum Gasteiger partial charge on any atom is 0.241 e. The Morgan fingerprint density at radius 2 is 1.80 bits per heavy atom. The molecule has 1 N–H and O–H groups in total. The molecule has 20 heavy (non-hydrogen) atoms. The molecule has 4 bridgehead atoms. The number of hydrogen-bond acceptors (Lipinski definition) is 4. The van der Waals surface area contributed by atoms with Gasteiger partial charge in [0, 0.05) is 5.41 Å². The van der Waals surface area contributed by atoms with Crippen LogP contribution in [0.25, 0.3) is 0 Å². The van der Waals surface area contributed by atoms with Crippen molar-refractivity contribution in [2.45, 2.75) is 43.9 Å². The Morgan fingerprint density at radius 3 is 2.35 bits per heavy atom. The molecule has 4 saturated carbocycles. The van der Waals surface area contributed by atoms with E-state index in [2.05, 4.69) is 15.5 Å². The number of amides is 1. The predicted octanol–water partition coefficient (Wildman–Crippen LogP) is 3.18. The molecule has 6 heteroatoms. The Kier molecular flexibility index (Phi) is 3.04. The van der Waals surface area contributed by atoms with Crippen LogP contribution in [0.5, 0.6) is 0 Å². The zero-order chi connectivity index (χ0) is 13.7. The van der Waals surface area contributed by atoms with E-state index in [1.807, 2.05) is 0 Å². The van der Waals surface area contributed by atoms with Gasteiger partial charge in [-0.15, -0.1) is 21.8 Å². The van der Waals surface area contributed by atoms with Crippen LogP contribution in [0.3, 0.4) is 0 Å². The summed E-state index contributed by atoms with van der Waals surface area (Å²) in [7, 11) is 0. The number of aromatic nitrogens is 2. The molecule has 0 radical (unpaired) electrons. The lowest BCUT2D eigenvalue weighted by atomic mass is 9.50. The fourth-order valence-corrected chi connectivity index (χ4v) is 6.06. The van der Waals surface area contributed by atoms with Crippen LogP contribution >= 0.6 is 22.9 Å². The van der Waals surface area contributed by atoms with E-state index in [0.717, 1.165) is 22.8 Å². The fraction of sp³-hybridized carbons (Fsp3) is 0.786. The highest BCUT2D eigenvalue weighted by Crippen LogP contribution is 2.61. The molecular formula is C14H18ClN3OS. The minimum absolute atomic E-state index is 0.0354. The first-order valence-corrected chi connectivity index (χ1v) is 8.72. The molecule has 0 spiro atoms. The van der Waals surface area contributed by atoms with E-state index in [-0.39, 0.29) is 17.2 Å². The van der Waals surface area contributed by atoms with Crippen LogP contribution in [0.1, 0.15) is 43.5 Å². The molecule has 1 aromatic rings. The van der Waals surface area contributed by atoms with Gasteiger partial charge in [0.2, 0.25) is 11.0 Å². The Labute approximate surface area is 127 Å². The number of alkyl halides is 1. The third-order valence-corrected chi connectivity index (χ3v) is 6.61. The maximum absolute atomic E-state index is 11.3. The highest BCUT2D eigenvalue weighted by Gasteiger charge is 2.53. The molecule has 4 aliphatic carbocycles. The Hall–Kier alpha value is -0.680. The van der Waals surface area contributed by atoms with Crippen molar-refractivity contribution in [2.75, 3.05) is 11.2 Å². The Bertz CT molecular complexity index is 509. The molecule has 4 aliphatic rings. The lowest BCUT2D eigenvalue weighted by molar-refractivity contribution is -0.113. The zero-order valence-corrected chi connectivity index (χ0v) is 12.8. The minimum Gasteiger partial charge on any atom is -0.299 e. The number of nitrogens with zero attached hydrogens (tertiary/aromatic N) is 2. The van der Waals surface area contributed by atoms with Gasteiger partial charge in [0.05, 0.1) is 0 Å². The van der Waals surface area contributed by atoms with Crippen LogP contribution in [0.4, 0.5) is 5.13 Å². The first-order valence-electron chi connectivity index (χ1n) is 7.37. The largest absolute Gasteiger partial charge is 0.299 e. The fourth-order valence-electron chi connectivity index (χ4n) is 5.01. The average molecular weight is 312 g/mol. The van der Waals surface area contributed by atoms with Gasteiger partial charge in [-0.05, 0) is 56.3 Å². The highest BCUT2D eigenvalue weighted by atomic mass is 35.5. The molecule has 108 valence electrons. The third kappa shape index (κ3) is 2.06. The first-order chi connectivity index (χ1) is 9.67. The van der Waals surface area contributed by atoms with Crippen LogP contribution in [-0.2, 0) is 10.2 Å². The molecule has 0 atom stereocenters. The lowest BCUT2D eigenvalue weighted by Crippen LogP contribution is -2.48. The lowest BCUT2D eigenvalue weighted by Gasteiger charge is -2.55. The van der Waals surface area contributed by atoms with E-state index in [0.29, 0.717) is 5.13 Å². The van der Waals surface area contributed by atoms with Crippen molar-refractivity contribution in [2.24, 2.45) is 17.8 Å². The van der Waals surface area contributed by atoms with Crippen molar-refractivity contribution >= 4 is 34.0 Å². The summed E-state index contributed by atoms with van der Waals surface area (Å²) >= 11 is 7.06. The van der Waals surface area contributed by atoms with Gasteiger partial charge >= 0.3 is 0 Å². The van der Waals surface area contributed by atoms with E-state index in [1.54, 1.807) is 11.3 Å². The van der Waals surface area contributed by atoms with Crippen molar-refractivity contribution in [3.8, 4) is 0 Å². The third-order valence-electron chi connectivity index (χ3n) is 5.28. The summed E-state index contributed by atoms with van der Waals surface area (Å²) in [5.74, 6) is 2.44. The maximum atomic E-state index is 11.3. The number of nitrogens with one attached hydrogen (secondary N) is 1. The van der Waals surface area contributed by atoms with Gasteiger partial charge in [-0.25, -0.2) is 0 Å². The van der Waals surface area contributed by atoms with Crippen molar-refractivity contribution in [1.29, 1.82) is 0 Å². The van der Waals surface area contributed by atoms with Crippen molar-refractivity contribution < 1.29 is 4.79 Å². The normalized spacial score (nSPS) is 38.1. The van der Waals surface area contributed by atoms with Gasteiger partial charge in [0.15, 0.2) is 0 Å². The summed E-state index contributed by atoms with van der Waals surface area (Å²) in [6.45, 7) is 0. The number of hydrogen-bond donors (Lipinski definition) is 1. The smallest absolute Gasteiger partial charge is 0.241 e. The number of halogens is 1. The second-order valence-electron chi connectivity index (χ2n) is 6.79. The number of carbonyl (C=O) groups excluding carboxylic acids is 1. The molecule has 0 aromatic carbocycles. The molecule has 0 unspecified atom stereocenters. The number of anilines is 1. The van der Waals surface area contributed by atoms with Gasteiger partial charge in [-0.3, -0.25) is 10.1 Å². The van der Waals surface area contributed by atoms with E-state index < -0.39 is 0 Å². The van der Waals surface area contributed by atoms with Gasteiger partial charge in [-0.1, -0.05) is 11.3 Å². The quantitative estimate of drug-likeness (QED) is 0.872. The van der Waals surface area contributed by atoms with Crippen molar-refractivity contribution in [3.63, 3.8) is 0 Å². The van der Waals surface area contributed by atoms with Crippen LogP contribution in [-0.4, -0.2) is 22.0 Å². The van der Waals surface area contributed by atoms with Crippen LogP contribution < -0.4 is 5.32 Å². The summed E-state index contributed by atoms with van der Waals surface area (Å²) in [6, 6.07) is 0.